The number of rotatable bonds is 13. The molecule has 0 bridgehead atoms. The number of fused-ring (bicyclic) bond motifs is 1. The van der Waals surface area contributed by atoms with Crippen molar-refractivity contribution in [2.24, 2.45) is 0 Å². The monoisotopic (exact) mass is 580 g/mol. The molecule has 41 heavy (non-hydrogen) atoms. The first-order valence-corrected chi connectivity index (χ1v) is 15.3. The van der Waals surface area contributed by atoms with E-state index in [-0.39, 0.29) is 12.1 Å². The molecule has 1 aliphatic rings. The first kappa shape index (κ1) is 30.8. The van der Waals surface area contributed by atoms with Crippen molar-refractivity contribution in [1.82, 2.24) is 19.8 Å². The Morgan fingerprint density at radius 1 is 1.12 bits per heavy atom. The first-order chi connectivity index (χ1) is 19.5. The Kier molecular flexibility index (Phi) is 9.59. The lowest BCUT2D eigenvalue weighted by molar-refractivity contribution is -0.118. The van der Waals surface area contributed by atoms with Gasteiger partial charge in [-0.15, -0.1) is 11.3 Å². The number of hydrogen-bond acceptors (Lipinski definition) is 7. The maximum atomic E-state index is 12.6. The molecule has 2 aromatic heterocycles. The average Bonchev–Trinajstić information content (AvgIpc) is 3.56. The predicted molar refractivity (Wildman–Crippen MR) is 165 cm³/mol. The summed E-state index contributed by atoms with van der Waals surface area (Å²) in [6.07, 6.45) is 7.27. The normalized spacial score (nSPS) is 16.8. The van der Waals surface area contributed by atoms with Gasteiger partial charge in [0.05, 0.1) is 16.9 Å². The van der Waals surface area contributed by atoms with Crippen LogP contribution in [0.15, 0.2) is 22.6 Å². The highest BCUT2D eigenvalue weighted by Crippen LogP contribution is 2.53. The number of aromatic nitrogens is 2. The van der Waals surface area contributed by atoms with Crippen LogP contribution in [0.4, 0.5) is 0 Å². The molecule has 0 spiro atoms. The third-order valence-electron chi connectivity index (χ3n) is 8.43. The molecule has 9 heteroatoms. The van der Waals surface area contributed by atoms with Crippen molar-refractivity contribution in [3.05, 3.63) is 61.6 Å². The highest BCUT2D eigenvalue weighted by atomic mass is 32.1. The quantitative estimate of drug-likeness (QED) is 0.252. The molecule has 3 aromatic rings. The highest BCUT2D eigenvalue weighted by Gasteiger charge is 2.41. The summed E-state index contributed by atoms with van der Waals surface area (Å²) < 4.78 is 13.3. The van der Waals surface area contributed by atoms with E-state index >= 15 is 0 Å². The molecule has 1 N–H and O–H groups in total. The Morgan fingerprint density at radius 2 is 1.85 bits per heavy atom. The number of nitrogens with zero attached hydrogens (tertiary/aromatic N) is 3. The van der Waals surface area contributed by atoms with Gasteiger partial charge >= 0.3 is 0 Å². The van der Waals surface area contributed by atoms with Crippen molar-refractivity contribution in [3.8, 4) is 21.9 Å². The number of hydrogen-bond donors (Lipinski definition) is 1. The molecular formula is C32H44N4O4S. The van der Waals surface area contributed by atoms with Crippen molar-refractivity contribution in [1.29, 1.82) is 0 Å². The number of carbonyl (C=O) groups is 1. The van der Waals surface area contributed by atoms with Crippen molar-refractivity contribution in [2.75, 3.05) is 20.6 Å². The lowest BCUT2D eigenvalue weighted by Crippen LogP contribution is -2.35. The van der Waals surface area contributed by atoms with Crippen molar-refractivity contribution in [2.45, 2.75) is 92.0 Å². The number of thiazole rings is 1. The molecule has 2 unspecified atom stereocenters. The van der Waals surface area contributed by atoms with E-state index in [2.05, 4.69) is 49.7 Å². The third kappa shape index (κ3) is 6.67. The second-order valence-corrected chi connectivity index (χ2v) is 12.5. The van der Waals surface area contributed by atoms with Gasteiger partial charge in [0, 0.05) is 48.9 Å². The first-order valence-electron chi connectivity index (χ1n) is 14.5. The number of ether oxygens (including phenoxy) is 2. The summed E-state index contributed by atoms with van der Waals surface area (Å²) in [4.78, 5) is 36.9. The minimum atomic E-state index is -0.749. The molecule has 0 saturated carbocycles. The van der Waals surface area contributed by atoms with Crippen LogP contribution < -0.4 is 15.0 Å². The van der Waals surface area contributed by atoms with Crippen LogP contribution in [0.5, 0.6) is 11.5 Å². The summed E-state index contributed by atoms with van der Waals surface area (Å²) in [7, 11) is 4.27. The van der Waals surface area contributed by atoms with E-state index in [1.807, 2.05) is 38.5 Å². The maximum Gasteiger partial charge on any atom is 0.253 e. The molecule has 3 heterocycles. The van der Waals surface area contributed by atoms with E-state index in [1.165, 1.54) is 0 Å². The van der Waals surface area contributed by atoms with Crippen LogP contribution in [0.25, 0.3) is 10.4 Å². The molecular weight excluding hydrogens is 536 g/mol. The average molecular weight is 581 g/mol. The Morgan fingerprint density at radius 3 is 2.46 bits per heavy atom. The van der Waals surface area contributed by atoms with Gasteiger partial charge in [-0.25, -0.2) is 0 Å². The van der Waals surface area contributed by atoms with Crippen molar-refractivity contribution >= 4 is 17.7 Å². The maximum absolute atomic E-state index is 12.6. The zero-order valence-corrected chi connectivity index (χ0v) is 26.5. The van der Waals surface area contributed by atoms with Crippen LogP contribution >= 0.6 is 11.3 Å². The number of H-pyrrole nitrogens is 1. The SMILES string of the molecule is CCC(CCCC1(C)Oc2c(C)c(C)c(CCN(C=O)Cc3c(C)cc(C)[nH]c3=O)c(-c3cncs3)c2O1)N(C)C. The van der Waals surface area contributed by atoms with Crippen LogP contribution in [0.2, 0.25) is 0 Å². The topological polar surface area (TPSA) is 87.8 Å². The summed E-state index contributed by atoms with van der Waals surface area (Å²) in [5.41, 5.74) is 8.25. The standard InChI is InChI=1S/C32H44N4O4S/c1-9-24(35(7)8)11-10-13-32(6)39-29-23(5)22(4)25(28(30(29)40-32)27-16-33-18-41-27)12-14-36(19-37)17-26-20(2)15-21(3)34-31(26)38/h15-16,18-19,24H,9-14,17H2,1-8H3,(H,34,38). The molecule has 8 nitrogen and oxygen atoms in total. The molecule has 0 saturated heterocycles. The van der Waals surface area contributed by atoms with Gasteiger partial charge in [-0.1, -0.05) is 6.92 Å². The van der Waals surface area contributed by atoms with E-state index in [0.29, 0.717) is 24.6 Å². The second-order valence-electron chi connectivity index (χ2n) is 11.7. The highest BCUT2D eigenvalue weighted by molar-refractivity contribution is 7.13. The minimum Gasteiger partial charge on any atom is -0.448 e. The number of pyridine rings is 1. The summed E-state index contributed by atoms with van der Waals surface area (Å²) in [5, 5.41) is 0. The smallest absolute Gasteiger partial charge is 0.253 e. The number of aryl methyl sites for hydroxylation is 2. The van der Waals surface area contributed by atoms with E-state index in [9.17, 15) is 9.59 Å². The second kappa shape index (κ2) is 12.8. The molecule has 1 aliphatic heterocycles. The summed E-state index contributed by atoms with van der Waals surface area (Å²) in [6.45, 7) is 12.9. The largest absolute Gasteiger partial charge is 0.448 e. The third-order valence-corrected chi connectivity index (χ3v) is 9.22. The molecule has 1 amide bonds. The van der Waals surface area contributed by atoms with Gasteiger partial charge in [-0.3, -0.25) is 14.6 Å². The van der Waals surface area contributed by atoms with Crippen LogP contribution in [-0.4, -0.2) is 58.6 Å². The molecule has 2 atom stereocenters. The lowest BCUT2D eigenvalue weighted by atomic mass is 9.92. The zero-order chi connectivity index (χ0) is 29.9. The molecule has 222 valence electrons. The number of nitrogens with one attached hydrogen (secondary N) is 1. The van der Waals surface area contributed by atoms with Crippen LogP contribution in [0.1, 0.15) is 73.0 Å². The molecule has 1 aromatic carbocycles. The van der Waals surface area contributed by atoms with Crippen LogP contribution in [-0.2, 0) is 17.8 Å². The van der Waals surface area contributed by atoms with E-state index in [0.717, 1.165) is 82.0 Å². The number of amides is 1. The molecule has 0 fully saturated rings. The summed E-state index contributed by atoms with van der Waals surface area (Å²) in [5.74, 6) is 0.810. The van der Waals surface area contributed by atoms with Gasteiger partial charge in [0.25, 0.3) is 5.56 Å². The van der Waals surface area contributed by atoms with E-state index in [1.54, 1.807) is 16.2 Å². The van der Waals surface area contributed by atoms with Gasteiger partial charge in [-0.2, -0.15) is 0 Å². The van der Waals surface area contributed by atoms with E-state index in [4.69, 9.17) is 9.47 Å². The Labute approximate surface area is 247 Å². The Hall–Kier alpha value is -3.17. The Bertz CT molecular complexity index is 1430. The predicted octanol–water partition coefficient (Wildman–Crippen LogP) is 5.93. The van der Waals surface area contributed by atoms with Gasteiger partial charge < -0.3 is 24.3 Å². The van der Waals surface area contributed by atoms with Crippen LogP contribution in [0, 0.1) is 27.7 Å². The summed E-state index contributed by atoms with van der Waals surface area (Å²) >= 11 is 1.57. The van der Waals surface area contributed by atoms with Gasteiger partial charge in [0.2, 0.25) is 12.2 Å². The lowest BCUT2D eigenvalue weighted by Gasteiger charge is -2.26. The number of aromatic amines is 1. The number of carbonyl (C=O) groups excluding carboxylic acids is 1. The van der Waals surface area contributed by atoms with E-state index < -0.39 is 5.79 Å². The molecule has 0 aliphatic carbocycles. The van der Waals surface area contributed by atoms with Crippen molar-refractivity contribution in [3.63, 3.8) is 0 Å². The van der Waals surface area contributed by atoms with Gasteiger partial charge in [-0.05, 0) is 95.8 Å². The summed E-state index contributed by atoms with van der Waals surface area (Å²) in [6, 6.07) is 2.47. The Balaban J connectivity index is 1.61. The fourth-order valence-corrected chi connectivity index (χ4v) is 6.57. The number of benzene rings is 1. The fraction of sp³-hybridized carbons (Fsp3) is 0.531. The molecule has 0 radical (unpaired) electrons. The fourth-order valence-electron chi connectivity index (χ4n) is 5.88. The van der Waals surface area contributed by atoms with Gasteiger partial charge in [0.1, 0.15) is 0 Å². The van der Waals surface area contributed by atoms with Crippen molar-refractivity contribution < 1.29 is 14.3 Å². The van der Waals surface area contributed by atoms with Gasteiger partial charge in [0.15, 0.2) is 11.5 Å². The zero-order valence-electron chi connectivity index (χ0n) is 25.7. The molecule has 4 rings (SSSR count). The minimum absolute atomic E-state index is 0.148. The van der Waals surface area contributed by atoms with Crippen LogP contribution in [0.3, 0.4) is 0 Å².